The first-order chi connectivity index (χ1) is 14.9. The van der Waals surface area contributed by atoms with Crippen molar-refractivity contribution in [3.05, 3.63) is 53.6 Å². The molecule has 31 heavy (non-hydrogen) atoms. The highest BCUT2D eigenvalue weighted by Crippen LogP contribution is 2.58. The molecule has 0 spiro atoms. The molecule has 0 saturated carbocycles. The number of carbonyl (C=O) groups is 3. The third-order valence-electron chi connectivity index (χ3n) is 6.69. The molecule has 6 rings (SSSR count). The maximum atomic E-state index is 13.2. The van der Waals surface area contributed by atoms with Crippen LogP contribution in [0.3, 0.4) is 0 Å². The molecule has 0 bridgehead atoms. The molecule has 4 aliphatic heterocycles. The number of para-hydroxylation sites is 1. The van der Waals surface area contributed by atoms with Gasteiger partial charge in [-0.3, -0.25) is 14.4 Å². The zero-order valence-corrected chi connectivity index (χ0v) is 16.6. The average molecular weight is 421 g/mol. The van der Waals surface area contributed by atoms with E-state index in [9.17, 15) is 19.5 Å². The van der Waals surface area contributed by atoms with Gasteiger partial charge in [0.1, 0.15) is 17.6 Å². The quantitative estimate of drug-likeness (QED) is 0.698. The first-order valence-corrected chi connectivity index (χ1v) is 9.99. The summed E-state index contributed by atoms with van der Waals surface area (Å²) in [6.07, 6.45) is 0. The van der Waals surface area contributed by atoms with Crippen LogP contribution in [-0.4, -0.2) is 59.1 Å². The number of likely N-dealkylation sites (N-methyl/N-ethyl adjacent to an activating group) is 1. The first kappa shape index (κ1) is 18.2. The van der Waals surface area contributed by atoms with Crippen molar-refractivity contribution in [2.24, 2.45) is 5.92 Å². The van der Waals surface area contributed by atoms with Crippen molar-refractivity contribution in [3.8, 4) is 11.5 Å². The molecular formula is C22H19N3O6. The van der Waals surface area contributed by atoms with Gasteiger partial charge in [-0.15, -0.1) is 0 Å². The van der Waals surface area contributed by atoms with Gasteiger partial charge in [-0.1, -0.05) is 24.3 Å². The molecule has 0 aromatic heterocycles. The van der Waals surface area contributed by atoms with Gasteiger partial charge in [-0.05, 0) is 23.8 Å². The van der Waals surface area contributed by atoms with E-state index < -0.39 is 29.5 Å². The summed E-state index contributed by atoms with van der Waals surface area (Å²) in [6, 6.07) is 10.0. The molecule has 4 atom stereocenters. The van der Waals surface area contributed by atoms with E-state index in [2.05, 4.69) is 5.32 Å². The van der Waals surface area contributed by atoms with Crippen LogP contribution in [0.25, 0.3) is 0 Å². The number of rotatable bonds is 1. The Hall–Kier alpha value is -3.59. The number of carbonyl (C=O) groups excluding carboxylic acids is 3. The molecule has 3 unspecified atom stereocenters. The molecule has 2 N–H and O–H groups in total. The second-order valence-electron chi connectivity index (χ2n) is 8.29. The van der Waals surface area contributed by atoms with Crippen LogP contribution in [-0.2, 0) is 20.0 Å². The number of aliphatic hydroxyl groups is 1. The van der Waals surface area contributed by atoms with Gasteiger partial charge in [0.05, 0.1) is 12.6 Å². The molecule has 4 heterocycles. The van der Waals surface area contributed by atoms with Gasteiger partial charge < -0.3 is 29.7 Å². The third-order valence-corrected chi connectivity index (χ3v) is 6.69. The molecule has 2 fully saturated rings. The SMILES string of the molecule is CN1CC(=O)N2C(c3ccc4c(c3)OCO4)C3(O)c4ccccc4NC(=O)C3[C@@H]2C1=O. The standard InChI is InChI=1S/C22H19N3O6/c1-24-9-16(26)25-18(21(24)28)17-20(27)23-13-5-3-2-4-12(13)22(17,29)19(25)11-6-7-14-15(8-11)31-10-30-14/h2-8,17-19,29H,9-10H2,1H3,(H,23,27)/t17?,18-,19?,22?/m1/s1. The summed E-state index contributed by atoms with van der Waals surface area (Å²) < 4.78 is 10.9. The lowest BCUT2D eigenvalue weighted by Crippen LogP contribution is -2.59. The molecule has 2 aromatic rings. The minimum absolute atomic E-state index is 0.0795. The summed E-state index contributed by atoms with van der Waals surface area (Å²) in [7, 11) is 1.53. The largest absolute Gasteiger partial charge is 0.454 e. The lowest BCUT2D eigenvalue weighted by molar-refractivity contribution is -0.156. The van der Waals surface area contributed by atoms with Crippen molar-refractivity contribution in [1.29, 1.82) is 0 Å². The van der Waals surface area contributed by atoms with Gasteiger partial charge in [0.15, 0.2) is 11.5 Å². The summed E-state index contributed by atoms with van der Waals surface area (Å²) in [6.45, 7) is -0.0431. The van der Waals surface area contributed by atoms with E-state index >= 15 is 0 Å². The lowest BCUT2D eigenvalue weighted by Gasteiger charge is -2.40. The lowest BCUT2D eigenvalue weighted by atomic mass is 9.72. The predicted octanol–water partition coefficient (Wildman–Crippen LogP) is 0.595. The summed E-state index contributed by atoms with van der Waals surface area (Å²) in [4.78, 5) is 42.2. The molecule has 9 heteroatoms. The third kappa shape index (κ3) is 2.21. The molecule has 9 nitrogen and oxygen atoms in total. The second-order valence-corrected chi connectivity index (χ2v) is 8.29. The van der Waals surface area contributed by atoms with Crippen molar-refractivity contribution < 1.29 is 29.0 Å². The number of nitrogens with one attached hydrogen (secondary N) is 1. The number of fused-ring (bicyclic) bond motifs is 6. The first-order valence-electron chi connectivity index (χ1n) is 9.99. The van der Waals surface area contributed by atoms with E-state index in [1.54, 1.807) is 42.5 Å². The zero-order valence-electron chi connectivity index (χ0n) is 16.6. The Kier molecular flexibility index (Phi) is 3.51. The van der Waals surface area contributed by atoms with Gasteiger partial charge in [0, 0.05) is 18.3 Å². The Morgan fingerprint density at radius 1 is 1.10 bits per heavy atom. The molecule has 0 radical (unpaired) electrons. The number of benzene rings is 2. The number of piperazine rings is 1. The van der Waals surface area contributed by atoms with Crippen molar-refractivity contribution in [2.75, 3.05) is 25.7 Å². The van der Waals surface area contributed by atoms with Crippen LogP contribution in [0, 0.1) is 5.92 Å². The second kappa shape index (κ2) is 5.98. The van der Waals surface area contributed by atoms with Gasteiger partial charge in [-0.2, -0.15) is 0 Å². The molecule has 2 saturated heterocycles. The van der Waals surface area contributed by atoms with Crippen LogP contribution >= 0.6 is 0 Å². The van der Waals surface area contributed by atoms with Gasteiger partial charge in [0.25, 0.3) is 0 Å². The fourth-order valence-electron chi connectivity index (χ4n) is 5.40. The summed E-state index contributed by atoms with van der Waals surface area (Å²) in [5, 5.41) is 15.1. The van der Waals surface area contributed by atoms with Gasteiger partial charge in [0.2, 0.25) is 24.5 Å². The molecular weight excluding hydrogens is 402 g/mol. The van der Waals surface area contributed by atoms with Gasteiger partial charge >= 0.3 is 0 Å². The highest BCUT2D eigenvalue weighted by atomic mass is 16.7. The van der Waals surface area contributed by atoms with Crippen molar-refractivity contribution in [1.82, 2.24) is 9.80 Å². The molecule has 0 aliphatic carbocycles. The van der Waals surface area contributed by atoms with Crippen LogP contribution in [0.15, 0.2) is 42.5 Å². The Bertz CT molecular complexity index is 1170. The molecule has 3 amide bonds. The maximum absolute atomic E-state index is 13.2. The van der Waals surface area contributed by atoms with E-state index in [0.29, 0.717) is 28.3 Å². The van der Waals surface area contributed by atoms with Crippen molar-refractivity contribution in [3.63, 3.8) is 0 Å². The Balaban J connectivity index is 1.62. The monoisotopic (exact) mass is 421 g/mol. The van der Waals surface area contributed by atoms with Crippen LogP contribution < -0.4 is 14.8 Å². The topological polar surface area (TPSA) is 108 Å². The fraction of sp³-hybridized carbons (Fsp3) is 0.318. The highest BCUT2D eigenvalue weighted by molar-refractivity contribution is 6.05. The summed E-state index contributed by atoms with van der Waals surface area (Å²) >= 11 is 0. The van der Waals surface area contributed by atoms with E-state index in [1.807, 2.05) is 0 Å². The van der Waals surface area contributed by atoms with E-state index in [4.69, 9.17) is 9.47 Å². The Labute approximate surface area is 177 Å². The van der Waals surface area contributed by atoms with E-state index in [1.165, 1.54) is 16.8 Å². The number of amides is 3. The van der Waals surface area contributed by atoms with Crippen LogP contribution in [0.4, 0.5) is 5.69 Å². The Morgan fingerprint density at radius 2 is 1.87 bits per heavy atom. The molecule has 4 aliphatic rings. The molecule has 2 aromatic carbocycles. The normalized spacial score (nSPS) is 30.6. The number of ether oxygens (including phenoxy) is 2. The number of hydrogen-bond acceptors (Lipinski definition) is 6. The summed E-state index contributed by atoms with van der Waals surface area (Å²) in [5.41, 5.74) is -0.298. The fourth-order valence-corrected chi connectivity index (χ4v) is 5.40. The van der Waals surface area contributed by atoms with Crippen LogP contribution in [0.2, 0.25) is 0 Å². The number of anilines is 1. The molecule has 158 valence electrons. The van der Waals surface area contributed by atoms with Crippen molar-refractivity contribution >= 4 is 23.4 Å². The minimum atomic E-state index is -1.80. The van der Waals surface area contributed by atoms with Crippen molar-refractivity contribution in [2.45, 2.75) is 17.7 Å². The van der Waals surface area contributed by atoms with Gasteiger partial charge in [-0.25, -0.2) is 0 Å². The van der Waals surface area contributed by atoms with E-state index in [-0.39, 0.29) is 25.2 Å². The number of nitrogens with zero attached hydrogens (tertiary/aromatic N) is 2. The van der Waals surface area contributed by atoms with E-state index in [0.717, 1.165) is 0 Å². The smallest absolute Gasteiger partial charge is 0.246 e. The van der Waals surface area contributed by atoms with Crippen LogP contribution in [0.5, 0.6) is 11.5 Å². The summed E-state index contributed by atoms with van der Waals surface area (Å²) in [5.74, 6) is -1.30. The average Bonchev–Trinajstić information content (AvgIpc) is 3.32. The predicted molar refractivity (Wildman–Crippen MR) is 106 cm³/mol. The number of hydrogen-bond donors (Lipinski definition) is 2. The zero-order chi connectivity index (χ0) is 21.5. The minimum Gasteiger partial charge on any atom is -0.454 e. The maximum Gasteiger partial charge on any atom is 0.246 e. The highest BCUT2D eigenvalue weighted by Gasteiger charge is 2.69. The Morgan fingerprint density at radius 3 is 2.71 bits per heavy atom. The van der Waals surface area contributed by atoms with Crippen LogP contribution in [0.1, 0.15) is 17.2 Å².